The Labute approximate surface area is 191 Å². The van der Waals surface area contributed by atoms with Crippen molar-refractivity contribution >= 4 is 17.7 Å². The SMILES string of the molecule is CC1CN(C(=O)C(Cc2ccccc2)NC(=O)CCC2CCCC2)CCN1C(=O)C1CC1. The maximum Gasteiger partial charge on any atom is 0.245 e. The van der Waals surface area contributed by atoms with Crippen molar-refractivity contribution in [3.8, 4) is 0 Å². The molecule has 1 saturated heterocycles. The zero-order valence-electron chi connectivity index (χ0n) is 19.3. The van der Waals surface area contributed by atoms with Gasteiger partial charge in [-0.3, -0.25) is 14.4 Å². The van der Waals surface area contributed by atoms with Gasteiger partial charge in [-0.15, -0.1) is 0 Å². The molecule has 1 aromatic rings. The van der Waals surface area contributed by atoms with Crippen LogP contribution in [0.5, 0.6) is 0 Å². The molecule has 1 heterocycles. The Hall–Kier alpha value is -2.37. The highest BCUT2D eigenvalue weighted by molar-refractivity contribution is 5.88. The molecule has 2 aliphatic carbocycles. The molecule has 6 heteroatoms. The average molecular weight is 440 g/mol. The normalized spacial score (nSPS) is 22.6. The zero-order valence-corrected chi connectivity index (χ0v) is 19.3. The second-order valence-corrected chi connectivity index (χ2v) is 9.94. The molecule has 0 spiro atoms. The molecule has 32 heavy (non-hydrogen) atoms. The number of benzene rings is 1. The van der Waals surface area contributed by atoms with Gasteiger partial charge in [-0.1, -0.05) is 56.0 Å². The van der Waals surface area contributed by atoms with Crippen LogP contribution in [-0.4, -0.2) is 59.2 Å². The number of piperazine rings is 1. The van der Waals surface area contributed by atoms with E-state index < -0.39 is 6.04 Å². The van der Waals surface area contributed by atoms with Crippen LogP contribution in [0, 0.1) is 11.8 Å². The number of rotatable bonds is 8. The van der Waals surface area contributed by atoms with E-state index in [9.17, 15) is 14.4 Å². The van der Waals surface area contributed by atoms with E-state index in [0.717, 1.165) is 24.8 Å². The standard InChI is InChI=1S/C26H37N3O3/c1-19-18-28(15-16-29(19)25(31)22-12-13-22)26(32)23(17-21-9-3-2-4-10-21)27-24(30)14-11-20-7-5-6-8-20/h2-4,9-10,19-20,22-23H,5-8,11-18H2,1H3,(H,27,30). The van der Waals surface area contributed by atoms with Crippen molar-refractivity contribution in [2.45, 2.75) is 76.8 Å². The van der Waals surface area contributed by atoms with Crippen LogP contribution in [0.1, 0.15) is 63.9 Å². The smallest absolute Gasteiger partial charge is 0.245 e. The van der Waals surface area contributed by atoms with Gasteiger partial charge in [-0.05, 0) is 37.7 Å². The molecular weight excluding hydrogens is 402 g/mol. The first-order valence-corrected chi connectivity index (χ1v) is 12.4. The lowest BCUT2D eigenvalue weighted by molar-refractivity contribution is -0.145. The molecule has 2 atom stereocenters. The van der Waals surface area contributed by atoms with Crippen LogP contribution in [0.15, 0.2) is 30.3 Å². The summed E-state index contributed by atoms with van der Waals surface area (Å²) in [6.45, 7) is 3.66. The lowest BCUT2D eigenvalue weighted by Crippen LogP contribution is -2.59. The molecule has 0 radical (unpaired) electrons. The molecule has 1 aromatic carbocycles. The van der Waals surface area contributed by atoms with E-state index >= 15 is 0 Å². The summed E-state index contributed by atoms with van der Waals surface area (Å²) in [4.78, 5) is 42.5. The topological polar surface area (TPSA) is 69.7 Å². The van der Waals surface area contributed by atoms with E-state index in [4.69, 9.17) is 0 Å². The van der Waals surface area contributed by atoms with Gasteiger partial charge in [0, 0.05) is 44.4 Å². The first-order valence-electron chi connectivity index (χ1n) is 12.4. The van der Waals surface area contributed by atoms with Crippen molar-refractivity contribution in [3.63, 3.8) is 0 Å². The Kier molecular flexibility index (Phi) is 7.48. The monoisotopic (exact) mass is 439 g/mol. The molecule has 3 fully saturated rings. The van der Waals surface area contributed by atoms with E-state index in [0.29, 0.717) is 38.4 Å². The molecule has 174 valence electrons. The number of nitrogens with one attached hydrogen (secondary N) is 1. The second-order valence-electron chi connectivity index (χ2n) is 9.94. The second kappa shape index (κ2) is 10.5. The van der Waals surface area contributed by atoms with Crippen LogP contribution in [0.4, 0.5) is 0 Å². The molecule has 0 aromatic heterocycles. The molecule has 0 bridgehead atoms. The van der Waals surface area contributed by atoms with Crippen molar-refractivity contribution in [1.29, 1.82) is 0 Å². The minimum atomic E-state index is -0.564. The molecule has 1 aliphatic heterocycles. The van der Waals surface area contributed by atoms with Crippen LogP contribution < -0.4 is 5.32 Å². The van der Waals surface area contributed by atoms with Crippen LogP contribution in [0.25, 0.3) is 0 Å². The summed E-state index contributed by atoms with van der Waals surface area (Å²) in [5, 5.41) is 3.05. The fraction of sp³-hybridized carbons (Fsp3) is 0.654. The third-order valence-electron chi connectivity index (χ3n) is 7.32. The highest BCUT2D eigenvalue weighted by Crippen LogP contribution is 2.32. The number of amides is 3. The van der Waals surface area contributed by atoms with E-state index in [2.05, 4.69) is 5.32 Å². The van der Waals surface area contributed by atoms with Gasteiger partial charge in [0.25, 0.3) is 0 Å². The summed E-state index contributed by atoms with van der Waals surface area (Å²) in [5.74, 6) is 1.03. The van der Waals surface area contributed by atoms with E-state index in [1.165, 1.54) is 25.7 Å². The van der Waals surface area contributed by atoms with Crippen molar-refractivity contribution in [1.82, 2.24) is 15.1 Å². The lowest BCUT2D eigenvalue weighted by Gasteiger charge is -2.41. The molecule has 2 unspecified atom stereocenters. The fourth-order valence-electron chi connectivity index (χ4n) is 5.22. The highest BCUT2D eigenvalue weighted by Gasteiger charge is 2.39. The van der Waals surface area contributed by atoms with E-state index in [1.54, 1.807) is 0 Å². The van der Waals surface area contributed by atoms with Gasteiger partial charge in [-0.25, -0.2) is 0 Å². The Bertz CT molecular complexity index is 802. The van der Waals surface area contributed by atoms with Crippen LogP contribution in [0.2, 0.25) is 0 Å². The van der Waals surface area contributed by atoms with Crippen LogP contribution >= 0.6 is 0 Å². The maximum absolute atomic E-state index is 13.5. The Morgan fingerprint density at radius 2 is 1.75 bits per heavy atom. The fourth-order valence-corrected chi connectivity index (χ4v) is 5.22. The number of hydrogen-bond donors (Lipinski definition) is 1. The predicted molar refractivity (Wildman–Crippen MR) is 124 cm³/mol. The third kappa shape index (κ3) is 5.90. The average Bonchev–Trinajstić information content (AvgIpc) is 3.52. The third-order valence-corrected chi connectivity index (χ3v) is 7.32. The quantitative estimate of drug-likeness (QED) is 0.677. The summed E-state index contributed by atoms with van der Waals surface area (Å²) in [6, 6.07) is 9.33. The van der Waals surface area contributed by atoms with E-state index in [-0.39, 0.29) is 29.7 Å². The summed E-state index contributed by atoms with van der Waals surface area (Å²) in [6.07, 6.45) is 8.88. The van der Waals surface area contributed by atoms with Crippen molar-refractivity contribution in [2.24, 2.45) is 11.8 Å². The Morgan fingerprint density at radius 1 is 1.03 bits per heavy atom. The van der Waals surface area contributed by atoms with Crippen molar-refractivity contribution < 1.29 is 14.4 Å². The molecule has 3 aliphatic rings. The number of carbonyl (C=O) groups is 3. The molecule has 4 rings (SSSR count). The van der Waals surface area contributed by atoms with Crippen LogP contribution in [0.3, 0.4) is 0 Å². The zero-order chi connectivity index (χ0) is 22.5. The highest BCUT2D eigenvalue weighted by atomic mass is 16.2. The van der Waals surface area contributed by atoms with Gasteiger partial charge in [0.15, 0.2) is 0 Å². The van der Waals surface area contributed by atoms with Crippen molar-refractivity contribution in [2.75, 3.05) is 19.6 Å². The number of carbonyl (C=O) groups excluding carboxylic acids is 3. The van der Waals surface area contributed by atoms with Gasteiger partial charge in [0.1, 0.15) is 6.04 Å². The minimum absolute atomic E-state index is 0.0104. The van der Waals surface area contributed by atoms with Crippen molar-refractivity contribution in [3.05, 3.63) is 35.9 Å². The molecular formula is C26H37N3O3. The molecule has 1 N–H and O–H groups in total. The van der Waals surface area contributed by atoms with E-state index in [1.807, 2.05) is 47.1 Å². The summed E-state index contributed by atoms with van der Waals surface area (Å²) >= 11 is 0. The molecule has 6 nitrogen and oxygen atoms in total. The Balaban J connectivity index is 1.37. The van der Waals surface area contributed by atoms with Gasteiger partial charge in [-0.2, -0.15) is 0 Å². The van der Waals surface area contributed by atoms with Crippen LogP contribution in [-0.2, 0) is 20.8 Å². The van der Waals surface area contributed by atoms with Gasteiger partial charge in [0.05, 0.1) is 0 Å². The number of nitrogens with zero attached hydrogens (tertiary/aromatic N) is 2. The van der Waals surface area contributed by atoms with Gasteiger partial charge in [0.2, 0.25) is 17.7 Å². The number of hydrogen-bond acceptors (Lipinski definition) is 3. The molecule has 2 saturated carbocycles. The maximum atomic E-state index is 13.5. The predicted octanol–water partition coefficient (Wildman–Crippen LogP) is 3.15. The summed E-state index contributed by atoms with van der Waals surface area (Å²) in [7, 11) is 0. The lowest BCUT2D eigenvalue weighted by atomic mass is 10.0. The first-order chi connectivity index (χ1) is 15.5. The Morgan fingerprint density at radius 3 is 2.41 bits per heavy atom. The first kappa shape index (κ1) is 22.8. The van der Waals surface area contributed by atoms with Gasteiger partial charge < -0.3 is 15.1 Å². The minimum Gasteiger partial charge on any atom is -0.344 e. The summed E-state index contributed by atoms with van der Waals surface area (Å²) in [5.41, 5.74) is 1.04. The summed E-state index contributed by atoms with van der Waals surface area (Å²) < 4.78 is 0. The largest absolute Gasteiger partial charge is 0.344 e. The molecule has 3 amide bonds. The van der Waals surface area contributed by atoms with Gasteiger partial charge >= 0.3 is 0 Å².